The van der Waals surface area contributed by atoms with Gasteiger partial charge in [-0.2, -0.15) is 5.01 Å². The van der Waals surface area contributed by atoms with Gasteiger partial charge >= 0.3 is 0 Å². The number of amides is 3. The molecule has 7 nitrogen and oxygen atoms in total. The maximum absolute atomic E-state index is 13.6. The lowest BCUT2D eigenvalue weighted by atomic mass is 9.85. The summed E-state index contributed by atoms with van der Waals surface area (Å²) in [5, 5.41) is 2.32. The summed E-state index contributed by atoms with van der Waals surface area (Å²) in [6.45, 7) is 1.52. The van der Waals surface area contributed by atoms with Crippen molar-refractivity contribution in [3.63, 3.8) is 0 Å². The van der Waals surface area contributed by atoms with Gasteiger partial charge in [-0.05, 0) is 68.3 Å². The average molecular weight is 467 g/mol. The van der Waals surface area contributed by atoms with Gasteiger partial charge in [0, 0.05) is 16.1 Å². The van der Waals surface area contributed by atoms with Crippen molar-refractivity contribution in [2.24, 2.45) is 11.8 Å². The number of allylic oxidation sites excluding steroid dienone is 2. The molecule has 0 spiro atoms. The van der Waals surface area contributed by atoms with Crippen LogP contribution >= 0.6 is 11.6 Å². The Morgan fingerprint density at radius 2 is 1.45 bits per heavy atom. The normalized spacial score (nSPS) is 20.4. The largest absolute Gasteiger partial charge is 0.497 e. The van der Waals surface area contributed by atoms with Crippen LogP contribution in [0.1, 0.15) is 40.5 Å². The summed E-state index contributed by atoms with van der Waals surface area (Å²) in [5.74, 6) is -2.47. The van der Waals surface area contributed by atoms with E-state index < -0.39 is 41.4 Å². The van der Waals surface area contributed by atoms with Crippen LogP contribution in [0.3, 0.4) is 0 Å². The Hall–Kier alpha value is -3.45. The number of carbonyl (C=O) groups is 4. The first-order valence-electron chi connectivity index (χ1n) is 10.6. The Morgan fingerprint density at radius 3 is 1.97 bits per heavy atom. The standard InChI is InChI=1S/C25H23ClN2O5/c1-15(22(29)16-9-13-19(33-2)14-10-16)27(23(30)17-7-11-18(26)12-8-17)28-24(31)20-5-3-4-6-21(20)25(28)32/h3-4,7-15,20-21H,5-6H2,1-2H3/t15-,20+,21+/m0/s1. The van der Waals surface area contributed by atoms with E-state index in [-0.39, 0.29) is 5.56 Å². The Bertz CT molecular complexity index is 1100. The molecule has 1 aliphatic carbocycles. The molecule has 3 amide bonds. The number of benzene rings is 2. The van der Waals surface area contributed by atoms with Gasteiger partial charge < -0.3 is 4.74 Å². The lowest BCUT2D eigenvalue weighted by Gasteiger charge is -2.34. The summed E-state index contributed by atoms with van der Waals surface area (Å²) in [5.41, 5.74) is 0.540. The number of carbonyl (C=O) groups excluding carboxylic acids is 4. The summed E-state index contributed by atoms with van der Waals surface area (Å²) in [6.07, 6.45) is 4.59. The van der Waals surface area contributed by atoms with Crippen LogP contribution in [0, 0.1) is 11.8 Å². The molecule has 4 rings (SSSR count). The van der Waals surface area contributed by atoms with Crippen LogP contribution in [-0.2, 0) is 9.59 Å². The summed E-state index contributed by atoms with van der Waals surface area (Å²) in [4.78, 5) is 53.4. The number of imide groups is 1. The van der Waals surface area contributed by atoms with Crippen molar-refractivity contribution < 1.29 is 23.9 Å². The highest BCUT2D eigenvalue weighted by Gasteiger charge is 2.52. The minimum atomic E-state index is -1.11. The van der Waals surface area contributed by atoms with E-state index in [1.165, 1.54) is 26.2 Å². The highest BCUT2D eigenvalue weighted by atomic mass is 35.5. The number of methoxy groups -OCH3 is 1. The molecule has 2 aromatic carbocycles. The molecule has 1 fully saturated rings. The Balaban J connectivity index is 1.73. The van der Waals surface area contributed by atoms with Gasteiger partial charge in [0.15, 0.2) is 5.78 Å². The van der Waals surface area contributed by atoms with Crippen LogP contribution in [0.15, 0.2) is 60.7 Å². The second-order valence-corrected chi connectivity index (χ2v) is 8.51. The number of hydrogen-bond donors (Lipinski definition) is 0. The Kier molecular flexibility index (Phi) is 6.33. The molecule has 0 bridgehead atoms. The molecule has 2 aromatic rings. The zero-order valence-electron chi connectivity index (χ0n) is 18.2. The highest BCUT2D eigenvalue weighted by molar-refractivity contribution is 6.30. The van der Waals surface area contributed by atoms with Gasteiger partial charge in [0.1, 0.15) is 11.8 Å². The number of nitrogens with zero attached hydrogens (tertiary/aromatic N) is 2. The van der Waals surface area contributed by atoms with Gasteiger partial charge in [-0.25, -0.2) is 5.01 Å². The molecule has 0 unspecified atom stereocenters. The SMILES string of the molecule is COc1ccc(C(=O)[C@H](C)N(C(=O)c2ccc(Cl)cc2)N2C(=O)[C@@H]3CC=CC[C@H]3C2=O)cc1. The van der Waals surface area contributed by atoms with E-state index in [1.54, 1.807) is 36.4 Å². The predicted octanol–water partition coefficient (Wildman–Crippen LogP) is 3.93. The molecule has 1 saturated heterocycles. The first kappa shape index (κ1) is 22.7. The molecular formula is C25H23ClN2O5. The van der Waals surface area contributed by atoms with E-state index in [2.05, 4.69) is 0 Å². The molecule has 3 atom stereocenters. The fraction of sp³-hybridized carbons (Fsp3) is 0.280. The molecule has 33 heavy (non-hydrogen) atoms. The minimum Gasteiger partial charge on any atom is -0.497 e. The summed E-state index contributed by atoms with van der Waals surface area (Å²) >= 11 is 5.96. The van der Waals surface area contributed by atoms with E-state index in [0.717, 1.165) is 10.0 Å². The van der Waals surface area contributed by atoms with Gasteiger partial charge in [-0.1, -0.05) is 23.8 Å². The molecule has 0 aromatic heterocycles. The second kappa shape index (κ2) is 9.19. The van der Waals surface area contributed by atoms with Crippen LogP contribution in [0.25, 0.3) is 0 Å². The lowest BCUT2D eigenvalue weighted by Crippen LogP contribution is -2.56. The zero-order chi connectivity index (χ0) is 23.7. The molecule has 1 heterocycles. The molecule has 8 heteroatoms. The fourth-order valence-electron chi connectivity index (χ4n) is 4.27. The molecule has 0 N–H and O–H groups in total. The van der Waals surface area contributed by atoms with Gasteiger partial charge in [-0.15, -0.1) is 0 Å². The Labute approximate surface area is 196 Å². The molecule has 0 radical (unpaired) electrons. The van der Waals surface area contributed by atoms with Crippen molar-refractivity contribution in [1.82, 2.24) is 10.0 Å². The van der Waals surface area contributed by atoms with Crippen LogP contribution in [0.2, 0.25) is 5.02 Å². The third-order valence-corrected chi connectivity index (χ3v) is 6.37. The summed E-state index contributed by atoms with van der Waals surface area (Å²) in [7, 11) is 1.52. The molecular weight excluding hydrogens is 444 g/mol. The van der Waals surface area contributed by atoms with Crippen molar-refractivity contribution in [1.29, 1.82) is 0 Å². The fourth-order valence-corrected chi connectivity index (χ4v) is 4.39. The average Bonchev–Trinajstić information content (AvgIpc) is 3.09. The van der Waals surface area contributed by atoms with E-state index in [1.807, 2.05) is 12.2 Å². The number of ketones is 1. The van der Waals surface area contributed by atoms with Crippen LogP contribution < -0.4 is 4.74 Å². The molecule has 0 saturated carbocycles. The number of fused-ring (bicyclic) bond motifs is 1. The first-order valence-corrected chi connectivity index (χ1v) is 11.0. The smallest absolute Gasteiger partial charge is 0.273 e. The quantitative estimate of drug-likeness (QED) is 0.366. The molecule has 1 aliphatic heterocycles. The number of hydrogen-bond acceptors (Lipinski definition) is 5. The number of rotatable bonds is 6. The van der Waals surface area contributed by atoms with Gasteiger partial charge in [0.05, 0.1) is 18.9 Å². The number of Topliss-reactive ketones (excluding diaryl/α,β-unsaturated/α-hetero) is 1. The Morgan fingerprint density at radius 1 is 0.939 bits per heavy atom. The molecule has 170 valence electrons. The van der Waals surface area contributed by atoms with Crippen molar-refractivity contribution >= 4 is 35.1 Å². The van der Waals surface area contributed by atoms with Crippen LogP contribution in [-0.4, -0.2) is 46.7 Å². The lowest BCUT2D eigenvalue weighted by molar-refractivity contribution is -0.156. The summed E-state index contributed by atoms with van der Waals surface area (Å²) < 4.78 is 5.14. The monoisotopic (exact) mass is 466 g/mol. The van der Waals surface area contributed by atoms with Crippen molar-refractivity contribution in [3.05, 3.63) is 76.8 Å². The van der Waals surface area contributed by atoms with Crippen LogP contribution in [0.5, 0.6) is 5.75 Å². The zero-order valence-corrected chi connectivity index (χ0v) is 19.0. The van der Waals surface area contributed by atoms with Gasteiger partial charge in [0.2, 0.25) is 0 Å². The molecule has 2 aliphatic rings. The van der Waals surface area contributed by atoms with E-state index in [4.69, 9.17) is 16.3 Å². The topological polar surface area (TPSA) is 84.0 Å². The van der Waals surface area contributed by atoms with Gasteiger partial charge in [0.25, 0.3) is 17.7 Å². The highest BCUT2D eigenvalue weighted by Crippen LogP contribution is 2.37. The maximum atomic E-state index is 13.6. The van der Waals surface area contributed by atoms with E-state index >= 15 is 0 Å². The van der Waals surface area contributed by atoms with Crippen molar-refractivity contribution in [3.8, 4) is 5.75 Å². The van der Waals surface area contributed by atoms with E-state index in [9.17, 15) is 19.2 Å². The first-order chi connectivity index (χ1) is 15.8. The number of hydrazine groups is 1. The maximum Gasteiger partial charge on any atom is 0.273 e. The predicted molar refractivity (Wildman–Crippen MR) is 122 cm³/mol. The second-order valence-electron chi connectivity index (χ2n) is 8.07. The third-order valence-electron chi connectivity index (χ3n) is 6.12. The van der Waals surface area contributed by atoms with E-state index in [0.29, 0.717) is 29.2 Å². The third kappa shape index (κ3) is 4.16. The summed E-state index contributed by atoms with van der Waals surface area (Å²) in [6, 6.07) is 11.4. The van der Waals surface area contributed by atoms with Gasteiger partial charge in [-0.3, -0.25) is 19.2 Å². The number of ether oxygens (including phenoxy) is 1. The number of halogens is 1. The van der Waals surface area contributed by atoms with Crippen LogP contribution in [0.4, 0.5) is 0 Å². The van der Waals surface area contributed by atoms with Crippen molar-refractivity contribution in [2.75, 3.05) is 7.11 Å². The minimum absolute atomic E-state index is 0.211. The van der Waals surface area contributed by atoms with Crippen molar-refractivity contribution in [2.45, 2.75) is 25.8 Å².